The first-order chi connectivity index (χ1) is 8.17. The van der Waals surface area contributed by atoms with E-state index in [0.29, 0.717) is 17.8 Å². The smallest absolute Gasteiger partial charge is 0.311 e. The fraction of sp³-hybridized carbons (Fsp3) is 0.800. The summed E-state index contributed by atoms with van der Waals surface area (Å²) in [6.45, 7) is 7.76. The van der Waals surface area contributed by atoms with Crippen molar-refractivity contribution < 1.29 is 15.0 Å². The number of fused-ring (bicyclic) bond motifs is 1. The third-order valence-corrected chi connectivity index (χ3v) is 5.40. The van der Waals surface area contributed by atoms with Gasteiger partial charge in [-0.25, -0.2) is 0 Å². The molecule has 0 heterocycles. The molecule has 3 unspecified atom stereocenters. The van der Waals surface area contributed by atoms with Crippen LogP contribution in [0.3, 0.4) is 0 Å². The average molecular weight is 252 g/mol. The van der Waals surface area contributed by atoms with Gasteiger partial charge in [0.15, 0.2) is 0 Å². The van der Waals surface area contributed by atoms with Gasteiger partial charge in [0.05, 0.1) is 11.5 Å². The third-order valence-electron chi connectivity index (χ3n) is 5.40. The normalized spacial score (nSPS) is 31.3. The SMILES string of the molecule is CC(C)(C(=O)O)C(O)CC1=CCC2CC1C2(C)C. The molecule has 0 aromatic heterocycles. The predicted octanol–water partition coefficient (Wildman–Crippen LogP) is 2.84. The van der Waals surface area contributed by atoms with Gasteiger partial charge in [-0.3, -0.25) is 4.79 Å². The molecule has 0 aliphatic heterocycles. The maximum atomic E-state index is 11.1. The standard InChI is InChI=1S/C15H24O3/c1-14(2)10-6-5-9(11(14)8-10)7-12(16)15(3,4)13(17)18/h5,10-12,16H,6-8H2,1-4H3,(H,17,18). The van der Waals surface area contributed by atoms with Gasteiger partial charge < -0.3 is 10.2 Å². The van der Waals surface area contributed by atoms with Crippen molar-refractivity contribution in [2.75, 3.05) is 0 Å². The maximum absolute atomic E-state index is 11.1. The Hall–Kier alpha value is -0.830. The molecule has 3 rings (SSSR count). The van der Waals surface area contributed by atoms with Crippen LogP contribution in [0.1, 0.15) is 47.0 Å². The molecule has 0 aromatic carbocycles. The summed E-state index contributed by atoms with van der Waals surface area (Å²) in [5, 5.41) is 19.3. The van der Waals surface area contributed by atoms with Crippen LogP contribution in [-0.2, 0) is 4.79 Å². The summed E-state index contributed by atoms with van der Waals surface area (Å²) in [5.41, 5.74) is 0.521. The van der Waals surface area contributed by atoms with Crippen LogP contribution in [0.5, 0.6) is 0 Å². The van der Waals surface area contributed by atoms with Gasteiger partial charge in [-0.15, -0.1) is 0 Å². The molecule has 3 atom stereocenters. The second kappa shape index (κ2) is 4.09. The van der Waals surface area contributed by atoms with E-state index in [2.05, 4.69) is 19.9 Å². The van der Waals surface area contributed by atoms with E-state index in [1.54, 1.807) is 13.8 Å². The van der Waals surface area contributed by atoms with E-state index in [0.717, 1.165) is 12.3 Å². The summed E-state index contributed by atoms with van der Waals surface area (Å²) >= 11 is 0. The van der Waals surface area contributed by atoms with E-state index in [4.69, 9.17) is 5.11 Å². The van der Waals surface area contributed by atoms with Gasteiger partial charge in [0.2, 0.25) is 0 Å². The van der Waals surface area contributed by atoms with E-state index in [1.807, 2.05) is 0 Å². The molecule has 3 heteroatoms. The lowest BCUT2D eigenvalue weighted by atomic mass is 9.48. The van der Waals surface area contributed by atoms with Crippen LogP contribution >= 0.6 is 0 Å². The zero-order valence-electron chi connectivity index (χ0n) is 11.7. The van der Waals surface area contributed by atoms with Gasteiger partial charge in [0, 0.05) is 0 Å². The average Bonchev–Trinajstić information content (AvgIpc) is 2.28. The topological polar surface area (TPSA) is 57.5 Å². The highest BCUT2D eigenvalue weighted by molar-refractivity contribution is 5.74. The highest BCUT2D eigenvalue weighted by Gasteiger charge is 2.51. The van der Waals surface area contributed by atoms with E-state index in [1.165, 1.54) is 12.0 Å². The molecule has 102 valence electrons. The van der Waals surface area contributed by atoms with Crippen LogP contribution in [0.15, 0.2) is 11.6 Å². The van der Waals surface area contributed by atoms with E-state index in [-0.39, 0.29) is 0 Å². The minimum Gasteiger partial charge on any atom is -0.481 e. The Morgan fingerprint density at radius 2 is 2.17 bits per heavy atom. The first kappa shape index (κ1) is 13.6. The van der Waals surface area contributed by atoms with Gasteiger partial charge in [-0.1, -0.05) is 25.5 Å². The van der Waals surface area contributed by atoms with Gasteiger partial charge >= 0.3 is 5.97 Å². The molecule has 2 bridgehead atoms. The summed E-state index contributed by atoms with van der Waals surface area (Å²) in [6, 6.07) is 0. The van der Waals surface area contributed by atoms with Crippen molar-refractivity contribution >= 4 is 5.97 Å². The van der Waals surface area contributed by atoms with Crippen molar-refractivity contribution in [2.45, 2.75) is 53.1 Å². The number of aliphatic hydroxyl groups is 1. The van der Waals surface area contributed by atoms with Crippen LogP contribution < -0.4 is 0 Å². The molecule has 3 aliphatic rings. The first-order valence-electron chi connectivity index (χ1n) is 6.77. The predicted molar refractivity (Wildman–Crippen MR) is 70.1 cm³/mol. The van der Waals surface area contributed by atoms with Crippen molar-refractivity contribution in [2.24, 2.45) is 22.7 Å². The van der Waals surface area contributed by atoms with Crippen molar-refractivity contribution in [1.82, 2.24) is 0 Å². The Kier molecular flexibility index (Phi) is 3.09. The number of hydrogen-bond acceptors (Lipinski definition) is 2. The quantitative estimate of drug-likeness (QED) is 0.756. The van der Waals surface area contributed by atoms with Crippen molar-refractivity contribution in [1.29, 1.82) is 0 Å². The highest BCUT2D eigenvalue weighted by atomic mass is 16.4. The second-order valence-corrected chi connectivity index (χ2v) is 7.07. The number of aliphatic hydroxyl groups excluding tert-OH is 1. The molecular weight excluding hydrogens is 228 g/mol. The van der Waals surface area contributed by atoms with Crippen LogP contribution in [0, 0.1) is 22.7 Å². The molecule has 18 heavy (non-hydrogen) atoms. The molecule has 0 spiro atoms. The Bertz CT molecular complexity index is 393. The monoisotopic (exact) mass is 252 g/mol. The summed E-state index contributed by atoms with van der Waals surface area (Å²) in [5.74, 6) is 0.378. The lowest BCUT2D eigenvalue weighted by molar-refractivity contribution is -0.153. The van der Waals surface area contributed by atoms with E-state index >= 15 is 0 Å². The molecule has 3 aliphatic carbocycles. The van der Waals surface area contributed by atoms with Crippen molar-refractivity contribution in [3.63, 3.8) is 0 Å². The summed E-state index contributed by atoms with van der Waals surface area (Å²) in [7, 11) is 0. The summed E-state index contributed by atoms with van der Waals surface area (Å²) < 4.78 is 0. The fourth-order valence-electron chi connectivity index (χ4n) is 3.33. The lowest BCUT2D eigenvalue weighted by Gasteiger charge is -2.57. The highest BCUT2D eigenvalue weighted by Crippen LogP contribution is 2.60. The Morgan fingerprint density at radius 3 is 2.61 bits per heavy atom. The number of hydrogen-bond donors (Lipinski definition) is 2. The molecule has 1 fully saturated rings. The van der Waals surface area contributed by atoms with E-state index in [9.17, 15) is 9.90 Å². The zero-order chi connectivity index (χ0) is 13.7. The van der Waals surface area contributed by atoms with Crippen molar-refractivity contribution in [3.05, 3.63) is 11.6 Å². The maximum Gasteiger partial charge on any atom is 0.311 e. The molecule has 2 N–H and O–H groups in total. The lowest BCUT2D eigenvalue weighted by Crippen LogP contribution is -2.49. The summed E-state index contributed by atoms with van der Waals surface area (Å²) in [6.07, 6.45) is 4.21. The number of aliphatic carboxylic acids is 1. The summed E-state index contributed by atoms with van der Waals surface area (Å²) in [4.78, 5) is 11.1. The van der Waals surface area contributed by atoms with E-state index < -0.39 is 17.5 Å². The molecule has 3 nitrogen and oxygen atoms in total. The molecule has 0 amide bonds. The Balaban J connectivity index is 2.07. The second-order valence-electron chi connectivity index (χ2n) is 7.07. The number of carbonyl (C=O) groups is 1. The zero-order valence-corrected chi connectivity index (χ0v) is 11.7. The van der Waals surface area contributed by atoms with Gasteiger partial charge in [-0.05, 0) is 50.4 Å². The number of carboxylic acid groups (broad SMARTS) is 1. The minimum atomic E-state index is -1.08. The minimum absolute atomic E-state index is 0.331. The van der Waals surface area contributed by atoms with Crippen LogP contribution in [-0.4, -0.2) is 22.3 Å². The molecule has 1 saturated carbocycles. The Labute approximate surface area is 109 Å². The van der Waals surface area contributed by atoms with Gasteiger partial charge in [0.1, 0.15) is 0 Å². The number of carboxylic acids is 1. The van der Waals surface area contributed by atoms with Gasteiger partial charge in [-0.2, -0.15) is 0 Å². The number of rotatable bonds is 4. The van der Waals surface area contributed by atoms with Crippen LogP contribution in [0.2, 0.25) is 0 Å². The van der Waals surface area contributed by atoms with Crippen LogP contribution in [0.25, 0.3) is 0 Å². The van der Waals surface area contributed by atoms with Gasteiger partial charge in [0.25, 0.3) is 0 Å². The largest absolute Gasteiger partial charge is 0.481 e. The van der Waals surface area contributed by atoms with Crippen LogP contribution in [0.4, 0.5) is 0 Å². The molecule has 0 radical (unpaired) electrons. The number of allylic oxidation sites excluding steroid dienone is 1. The molecule has 0 aromatic rings. The fourth-order valence-corrected chi connectivity index (χ4v) is 3.33. The molecular formula is C15H24O3. The third kappa shape index (κ3) is 1.89. The molecule has 0 saturated heterocycles. The van der Waals surface area contributed by atoms with Crippen molar-refractivity contribution in [3.8, 4) is 0 Å². The Morgan fingerprint density at radius 1 is 1.56 bits per heavy atom. The first-order valence-corrected chi connectivity index (χ1v) is 6.77.